The lowest BCUT2D eigenvalue weighted by Crippen LogP contribution is -2.11. The molecule has 0 saturated heterocycles. The molecule has 156 valence electrons. The van der Waals surface area contributed by atoms with Gasteiger partial charge in [-0.2, -0.15) is 0 Å². The van der Waals surface area contributed by atoms with E-state index in [1.54, 1.807) is 0 Å². The zero-order chi connectivity index (χ0) is 19.1. The Morgan fingerprint density at radius 2 is 1.12 bits per heavy atom. The van der Waals surface area contributed by atoms with Gasteiger partial charge in [-0.05, 0) is 6.42 Å². The quantitative estimate of drug-likeness (QED) is 0.204. The van der Waals surface area contributed by atoms with E-state index in [2.05, 4.69) is 6.92 Å². The summed E-state index contributed by atoms with van der Waals surface area (Å²) in [7, 11) is 0. The van der Waals surface area contributed by atoms with Crippen LogP contribution in [-0.2, 0) is 14.3 Å². The van der Waals surface area contributed by atoms with E-state index in [1.807, 2.05) is 0 Å². The van der Waals surface area contributed by atoms with E-state index in [0.717, 1.165) is 12.8 Å². The molecule has 0 rings (SSSR count). The number of hydrogen-bond acceptors (Lipinski definition) is 4. The van der Waals surface area contributed by atoms with Gasteiger partial charge in [0.25, 0.3) is 0 Å². The Labute approximate surface area is 162 Å². The first-order valence-corrected chi connectivity index (χ1v) is 11.2. The van der Waals surface area contributed by atoms with Crippen molar-refractivity contribution in [1.82, 2.24) is 0 Å². The van der Waals surface area contributed by atoms with Gasteiger partial charge in [-0.1, -0.05) is 96.8 Å². The molecule has 4 heteroatoms. The van der Waals surface area contributed by atoms with Crippen LogP contribution in [0.2, 0.25) is 0 Å². The van der Waals surface area contributed by atoms with Crippen molar-refractivity contribution in [3.63, 3.8) is 0 Å². The number of unbranched alkanes of at least 4 members (excludes halogenated alkanes) is 14. The van der Waals surface area contributed by atoms with Crippen molar-refractivity contribution in [3.8, 4) is 0 Å². The third-order valence-electron chi connectivity index (χ3n) is 4.71. The summed E-state index contributed by atoms with van der Waals surface area (Å²) < 4.78 is 10.1. The molecule has 0 bridgehead atoms. The molecule has 0 radical (unpaired) electrons. The molecule has 0 aliphatic carbocycles. The summed E-state index contributed by atoms with van der Waals surface area (Å²) in [5.41, 5.74) is 0. The van der Waals surface area contributed by atoms with Crippen LogP contribution in [0.15, 0.2) is 0 Å². The highest BCUT2D eigenvalue weighted by molar-refractivity contribution is 5.69. The number of rotatable bonds is 21. The molecule has 0 saturated carbocycles. The lowest BCUT2D eigenvalue weighted by atomic mass is 10.0. The number of hydrogen-bond donors (Lipinski definition) is 1. The van der Waals surface area contributed by atoms with Crippen molar-refractivity contribution in [3.05, 3.63) is 0 Å². The molecule has 0 aliphatic rings. The Kier molecular flexibility index (Phi) is 21.9. The van der Waals surface area contributed by atoms with E-state index in [9.17, 15) is 4.79 Å². The maximum absolute atomic E-state index is 11.5. The van der Waals surface area contributed by atoms with Crippen molar-refractivity contribution in [2.45, 2.75) is 110 Å². The Balaban J connectivity index is 3.09. The van der Waals surface area contributed by atoms with Crippen molar-refractivity contribution in [2.24, 2.45) is 0 Å². The van der Waals surface area contributed by atoms with E-state index >= 15 is 0 Å². The zero-order valence-corrected chi connectivity index (χ0v) is 17.3. The number of carbonyl (C=O) groups excluding carboxylic acids is 1. The molecule has 0 heterocycles. The fourth-order valence-corrected chi connectivity index (χ4v) is 3.09. The first kappa shape index (κ1) is 25.4. The maximum atomic E-state index is 11.5. The molecular weight excluding hydrogens is 328 g/mol. The van der Waals surface area contributed by atoms with Gasteiger partial charge in [-0.15, -0.1) is 0 Å². The predicted octanol–water partition coefficient (Wildman–Crippen LogP) is 5.80. The van der Waals surface area contributed by atoms with Crippen LogP contribution in [0, 0.1) is 0 Å². The van der Waals surface area contributed by atoms with Crippen LogP contribution >= 0.6 is 0 Å². The van der Waals surface area contributed by atoms with E-state index in [1.165, 1.54) is 83.5 Å². The van der Waals surface area contributed by atoms with Crippen molar-refractivity contribution >= 4 is 5.97 Å². The van der Waals surface area contributed by atoms with E-state index in [-0.39, 0.29) is 19.2 Å². The van der Waals surface area contributed by atoms with E-state index < -0.39 is 0 Å². The average Bonchev–Trinajstić information content (AvgIpc) is 2.64. The van der Waals surface area contributed by atoms with Gasteiger partial charge < -0.3 is 14.6 Å². The molecular formula is C22H44O4. The van der Waals surface area contributed by atoms with Crippen LogP contribution in [0.1, 0.15) is 110 Å². The molecule has 0 aromatic rings. The van der Waals surface area contributed by atoms with Gasteiger partial charge in [-0.25, -0.2) is 0 Å². The molecule has 0 unspecified atom stereocenters. The standard InChI is InChI=1S/C22H44O4/c1-2-3-4-5-6-7-8-9-10-11-12-13-14-15-16-17-22(24)26-21-20-25-19-18-23/h23H,2-21H2,1H3. The maximum Gasteiger partial charge on any atom is 0.305 e. The second kappa shape index (κ2) is 22.4. The SMILES string of the molecule is CCCCCCCCCCCCCCCCCC(=O)OCCOCCO. The molecule has 26 heavy (non-hydrogen) atoms. The summed E-state index contributed by atoms with van der Waals surface area (Å²) in [6.07, 6.45) is 20.4. The van der Waals surface area contributed by atoms with Gasteiger partial charge in [0.05, 0.1) is 19.8 Å². The second-order valence-corrected chi connectivity index (χ2v) is 7.26. The Hall–Kier alpha value is -0.610. The van der Waals surface area contributed by atoms with Crippen LogP contribution in [0.5, 0.6) is 0 Å². The molecule has 0 spiro atoms. The monoisotopic (exact) mass is 372 g/mol. The highest BCUT2D eigenvalue weighted by Gasteiger charge is 2.02. The van der Waals surface area contributed by atoms with Gasteiger partial charge in [0, 0.05) is 6.42 Å². The number of ether oxygens (including phenoxy) is 2. The number of carbonyl (C=O) groups is 1. The second-order valence-electron chi connectivity index (χ2n) is 7.26. The van der Waals surface area contributed by atoms with Gasteiger partial charge >= 0.3 is 5.97 Å². The molecule has 0 fully saturated rings. The molecule has 0 amide bonds. The predicted molar refractivity (Wildman–Crippen MR) is 108 cm³/mol. The Morgan fingerprint density at radius 1 is 0.654 bits per heavy atom. The van der Waals surface area contributed by atoms with Gasteiger partial charge in [-0.3, -0.25) is 4.79 Å². The lowest BCUT2D eigenvalue weighted by molar-refractivity contribution is -0.145. The highest BCUT2D eigenvalue weighted by Crippen LogP contribution is 2.13. The zero-order valence-electron chi connectivity index (χ0n) is 17.3. The number of esters is 1. The minimum absolute atomic E-state index is 0.00702. The average molecular weight is 373 g/mol. The highest BCUT2D eigenvalue weighted by atomic mass is 16.6. The Morgan fingerprint density at radius 3 is 1.58 bits per heavy atom. The topological polar surface area (TPSA) is 55.8 Å². The third kappa shape index (κ3) is 21.4. The third-order valence-corrected chi connectivity index (χ3v) is 4.71. The van der Waals surface area contributed by atoms with E-state index in [4.69, 9.17) is 14.6 Å². The molecule has 0 aliphatic heterocycles. The van der Waals surface area contributed by atoms with Crippen molar-refractivity contribution < 1.29 is 19.4 Å². The van der Waals surface area contributed by atoms with Crippen LogP contribution < -0.4 is 0 Å². The smallest absolute Gasteiger partial charge is 0.305 e. The minimum Gasteiger partial charge on any atom is -0.463 e. The lowest BCUT2D eigenvalue weighted by Gasteiger charge is -2.05. The van der Waals surface area contributed by atoms with Gasteiger partial charge in [0.1, 0.15) is 6.61 Å². The summed E-state index contributed by atoms with van der Waals surface area (Å²) in [6, 6.07) is 0. The molecule has 0 aromatic heterocycles. The summed E-state index contributed by atoms with van der Waals surface area (Å²) in [6.45, 7) is 3.24. The summed E-state index contributed by atoms with van der Waals surface area (Å²) in [4.78, 5) is 11.5. The first-order chi connectivity index (χ1) is 12.8. The summed E-state index contributed by atoms with van der Waals surface area (Å²) in [5.74, 6) is -0.132. The van der Waals surface area contributed by atoms with Crippen LogP contribution in [0.25, 0.3) is 0 Å². The van der Waals surface area contributed by atoms with Crippen LogP contribution in [0.4, 0.5) is 0 Å². The van der Waals surface area contributed by atoms with Crippen molar-refractivity contribution in [2.75, 3.05) is 26.4 Å². The minimum atomic E-state index is -0.132. The molecule has 0 atom stereocenters. The summed E-state index contributed by atoms with van der Waals surface area (Å²) >= 11 is 0. The van der Waals surface area contributed by atoms with E-state index in [0.29, 0.717) is 19.6 Å². The van der Waals surface area contributed by atoms with Gasteiger partial charge in [0.15, 0.2) is 0 Å². The van der Waals surface area contributed by atoms with Crippen molar-refractivity contribution in [1.29, 1.82) is 0 Å². The largest absolute Gasteiger partial charge is 0.463 e. The fraction of sp³-hybridized carbons (Fsp3) is 0.955. The Bertz CT molecular complexity index is 281. The number of aliphatic hydroxyl groups excluding tert-OH is 1. The van der Waals surface area contributed by atoms with Crippen LogP contribution in [-0.4, -0.2) is 37.5 Å². The normalized spacial score (nSPS) is 11.0. The summed E-state index contributed by atoms with van der Waals surface area (Å²) in [5, 5.41) is 8.54. The fourth-order valence-electron chi connectivity index (χ4n) is 3.09. The molecule has 4 nitrogen and oxygen atoms in total. The van der Waals surface area contributed by atoms with Gasteiger partial charge in [0.2, 0.25) is 0 Å². The van der Waals surface area contributed by atoms with Crippen LogP contribution in [0.3, 0.4) is 0 Å². The molecule has 1 N–H and O–H groups in total. The first-order valence-electron chi connectivity index (χ1n) is 11.2. The number of aliphatic hydroxyl groups is 1. The molecule has 0 aromatic carbocycles.